The number of carbonyl (C=O) groups is 2. The smallest absolute Gasteiger partial charge is 0.323 e. The van der Waals surface area contributed by atoms with E-state index in [1.54, 1.807) is 19.3 Å². The fourth-order valence-electron chi connectivity index (χ4n) is 2.94. The Hall–Kier alpha value is -4.06. The van der Waals surface area contributed by atoms with Crippen molar-refractivity contribution in [2.75, 3.05) is 17.7 Å². The average molecular weight is 415 g/mol. The number of ether oxygens (including phenoxy) is 1. The summed E-state index contributed by atoms with van der Waals surface area (Å²) in [5.41, 5.74) is 4.18. The van der Waals surface area contributed by atoms with Crippen LogP contribution in [0.1, 0.15) is 16.7 Å². The molecule has 0 fully saturated rings. The molecule has 0 radical (unpaired) electrons. The number of carbonyl (C=O) groups excluding carboxylic acids is 2. The molecule has 158 valence electrons. The normalized spacial score (nSPS) is 10.5. The Morgan fingerprint density at radius 1 is 0.903 bits per heavy atom. The summed E-state index contributed by atoms with van der Waals surface area (Å²) in [6.45, 7) is 2.31. The minimum absolute atomic E-state index is 0.210. The van der Waals surface area contributed by atoms with E-state index in [2.05, 4.69) is 16.0 Å². The highest BCUT2D eigenvalue weighted by Gasteiger charge is 2.04. The molecule has 0 heterocycles. The summed E-state index contributed by atoms with van der Waals surface area (Å²) in [5, 5.41) is 8.45. The Kier molecular flexibility index (Phi) is 7.43. The number of rotatable bonds is 7. The maximum Gasteiger partial charge on any atom is 0.323 e. The van der Waals surface area contributed by atoms with Crippen molar-refractivity contribution in [3.8, 4) is 5.75 Å². The molecule has 3 rings (SSSR count). The Morgan fingerprint density at radius 3 is 2.35 bits per heavy atom. The van der Waals surface area contributed by atoms with E-state index in [0.29, 0.717) is 12.2 Å². The van der Waals surface area contributed by atoms with Gasteiger partial charge < -0.3 is 20.7 Å². The molecule has 0 saturated heterocycles. The van der Waals surface area contributed by atoms with Gasteiger partial charge in [-0.25, -0.2) is 4.79 Å². The fourth-order valence-corrected chi connectivity index (χ4v) is 2.94. The van der Waals surface area contributed by atoms with E-state index in [9.17, 15) is 9.59 Å². The number of hydrogen-bond donors (Lipinski definition) is 3. The monoisotopic (exact) mass is 415 g/mol. The molecule has 0 aliphatic rings. The number of amides is 3. The van der Waals surface area contributed by atoms with Crippen molar-refractivity contribution in [1.29, 1.82) is 0 Å². The number of benzene rings is 3. The number of nitrogens with one attached hydrogen (secondary N) is 3. The van der Waals surface area contributed by atoms with Gasteiger partial charge >= 0.3 is 6.03 Å². The second-order valence-corrected chi connectivity index (χ2v) is 6.98. The maximum atomic E-state index is 12.2. The summed E-state index contributed by atoms with van der Waals surface area (Å²) in [4.78, 5) is 24.4. The summed E-state index contributed by atoms with van der Waals surface area (Å²) < 4.78 is 5.18. The lowest BCUT2D eigenvalue weighted by atomic mass is 10.2. The van der Waals surface area contributed by atoms with Crippen LogP contribution in [0.3, 0.4) is 0 Å². The van der Waals surface area contributed by atoms with E-state index in [1.807, 2.05) is 73.7 Å². The second kappa shape index (κ2) is 10.6. The largest absolute Gasteiger partial charge is 0.497 e. The van der Waals surface area contributed by atoms with Gasteiger partial charge in [-0.05, 0) is 66.1 Å². The first kappa shape index (κ1) is 21.6. The molecule has 0 aromatic heterocycles. The van der Waals surface area contributed by atoms with Gasteiger partial charge in [0.25, 0.3) is 0 Å². The average Bonchev–Trinajstić information content (AvgIpc) is 2.76. The lowest BCUT2D eigenvalue weighted by Gasteiger charge is -2.10. The number of methoxy groups -OCH3 is 1. The molecule has 0 spiro atoms. The molecule has 0 unspecified atom stereocenters. The molecule has 0 saturated carbocycles. The lowest BCUT2D eigenvalue weighted by Crippen LogP contribution is -2.21. The predicted molar refractivity (Wildman–Crippen MR) is 124 cm³/mol. The first-order valence-corrected chi connectivity index (χ1v) is 9.85. The molecule has 0 bridgehead atoms. The molecule has 0 aliphatic heterocycles. The molecular weight excluding hydrogens is 390 g/mol. The third-order valence-electron chi connectivity index (χ3n) is 4.45. The molecule has 3 amide bonds. The van der Waals surface area contributed by atoms with E-state index in [-0.39, 0.29) is 11.9 Å². The quantitative estimate of drug-likeness (QED) is 0.476. The fraction of sp³-hybridized carbons (Fsp3) is 0.120. The molecule has 3 aromatic rings. The molecule has 0 atom stereocenters. The van der Waals surface area contributed by atoms with E-state index in [0.717, 1.165) is 28.1 Å². The van der Waals surface area contributed by atoms with Crippen LogP contribution in [-0.4, -0.2) is 19.0 Å². The van der Waals surface area contributed by atoms with Crippen LogP contribution < -0.4 is 20.7 Å². The van der Waals surface area contributed by atoms with Crippen LogP contribution in [0.25, 0.3) is 6.08 Å². The first-order chi connectivity index (χ1) is 15.0. The molecule has 3 aromatic carbocycles. The number of anilines is 2. The number of urea groups is 1. The molecule has 6 heteroatoms. The van der Waals surface area contributed by atoms with Crippen LogP contribution >= 0.6 is 0 Å². The van der Waals surface area contributed by atoms with Crippen LogP contribution in [0.4, 0.5) is 16.2 Å². The summed E-state index contributed by atoms with van der Waals surface area (Å²) in [6, 6.07) is 22.0. The van der Waals surface area contributed by atoms with E-state index in [4.69, 9.17) is 4.74 Å². The molecule has 0 aliphatic carbocycles. The van der Waals surface area contributed by atoms with E-state index < -0.39 is 0 Å². The zero-order valence-corrected chi connectivity index (χ0v) is 17.5. The summed E-state index contributed by atoms with van der Waals surface area (Å²) >= 11 is 0. The van der Waals surface area contributed by atoms with Crippen molar-refractivity contribution in [3.05, 3.63) is 95.6 Å². The van der Waals surface area contributed by atoms with E-state index in [1.165, 1.54) is 6.08 Å². The standard InChI is InChI=1S/C25H25N3O3/c1-18-6-3-9-21(14-18)27-25(30)28-22-10-4-8-20(15-22)17-26-24(29)13-12-19-7-5-11-23(16-19)31-2/h3-16H,17H2,1-2H3,(H,26,29)(H2,27,28,30)/b13-12+. The number of hydrogen-bond acceptors (Lipinski definition) is 3. The first-order valence-electron chi connectivity index (χ1n) is 9.85. The Bertz CT molecular complexity index is 1090. The van der Waals surface area contributed by atoms with Gasteiger partial charge in [-0.15, -0.1) is 0 Å². The minimum Gasteiger partial charge on any atom is -0.497 e. The Labute approximate surface area is 181 Å². The second-order valence-electron chi connectivity index (χ2n) is 6.98. The third-order valence-corrected chi connectivity index (χ3v) is 4.45. The maximum absolute atomic E-state index is 12.2. The van der Waals surface area contributed by atoms with Crippen LogP contribution in [0.5, 0.6) is 5.75 Å². The molecular formula is C25H25N3O3. The van der Waals surface area contributed by atoms with E-state index >= 15 is 0 Å². The van der Waals surface area contributed by atoms with Gasteiger partial charge in [0.2, 0.25) is 5.91 Å². The predicted octanol–water partition coefficient (Wildman–Crippen LogP) is 4.98. The Morgan fingerprint density at radius 2 is 1.61 bits per heavy atom. The highest BCUT2D eigenvalue weighted by atomic mass is 16.5. The number of aryl methyl sites for hydroxylation is 1. The zero-order chi connectivity index (χ0) is 22.1. The van der Waals surface area contributed by atoms with Crippen molar-refractivity contribution in [1.82, 2.24) is 5.32 Å². The van der Waals surface area contributed by atoms with Gasteiger partial charge in [0.1, 0.15) is 5.75 Å². The van der Waals surface area contributed by atoms with Crippen LogP contribution in [0.15, 0.2) is 78.9 Å². The van der Waals surface area contributed by atoms with Gasteiger partial charge in [0.15, 0.2) is 0 Å². The Balaban J connectivity index is 1.52. The van der Waals surface area contributed by atoms with Crippen molar-refractivity contribution < 1.29 is 14.3 Å². The van der Waals surface area contributed by atoms with Crippen molar-refractivity contribution in [2.45, 2.75) is 13.5 Å². The summed E-state index contributed by atoms with van der Waals surface area (Å²) in [6.07, 6.45) is 3.21. The SMILES string of the molecule is COc1cccc(/C=C/C(=O)NCc2cccc(NC(=O)Nc3cccc(C)c3)c2)c1. The van der Waals surface area contributed by atoms with Gasteiger partial charge in [0, 0.05) is 24.0 Å². The zero-order valence-electron chi connectivity index (χ0n) is 17.5. The molecule has 3 N–H and O–H groups in total. The van der Waals surface area contributed by atoms with Crippen LogP contribution in [0, 0.1) is 6.92 Å². The van der Waals surface area contributed by atoms with Gasteiger partial charge in [-0.1, -0.05) is 36.4 Å². The third kappa shape index (κ3) is 7.04. The van der Waals surface area contributed by atoms with Crippen molar-refractivity contribution in [3.63, 3.8) is 0 Å². The van der Waals surface area contributed by atoms with Crippen LogP contribution in [0.2, 0.25) is 0 Å². The minimum atomic E-state index is -0.326. The van der Waals surface area contributed by atoms with Crippen molar-refractivity contribution in [2.24, 2.45) is 0 Å². The van der Waals surface area contributed by atoms with Crippen LogP contribution in [-0.2, 0) is 11.3 Å². The molecule has 31 heavy (non-hydrogen) atoms. The molecule has 6 nitrogen and oxygen atoms in total. The summed E-state index contributed by atoms with van der Waals surface area (Å²) in [5.74, 6) is 0.525. The van der Waals surface area contributed by atoms with Gasteiger partial charge in [-0.2, -0.15) is 0 Å². The lowest BCUT2D eigenvalue weighted by molar-refractivity contribution is -0.116. The highest BCUT2D eigenvalue weighted by molar-refractivity contribution is 5.99. The summed E-state index contributed by atoms with van der Waals surface area (Å²) in [7, 11) is 1.60. The highest BCUT2D eigenvalue weighted by Crippen LogP contribution is 2.15. The van der Waals surface area contributed by atoms with Crippen molar-refractivity contribution >= 4 is 29.4 Å². The topological polar surface area (TPSA) is 79.5 Å². The van der Waals surface area contributed by atoms with Gasteiger partial charge in [0.05, 0.1) is 7.11 Å². The van der Waals surface area contributed by atoms with Gasteiger partial charge in [-0.3, -0.25) is 4.79 Å².